The monoisotopic (exact) mass is 269 g/mol. The number of carbonyl (C=O) groups is 1. The van der Waals surface area contributed by atoms with Crippen LogP contribution in [0.4, 0.5) is 5.69 Å². The third-order valence-electron chi connectivity index (χ3n) is 3.23. The number of hydrogen-bond donors (Lipinski definition) is 1. The molecule has 2 aromatic rings. The van der Waals surface area contributed by atoms with Crippen LogP contribution < -0.4 is 5.32 Å². The van der Waals surface area contributed by atoms with Crippen molar-refractivity contribution in [2.45, 2.75) is 23.5 Å². The van der Waals surface area contributed by atoms with Crippen LogP contribution in [-0.2, 0) is 11.2 Å². The van der Waals surface area contributed by atoms with Crippen molar-refractivity contribution >= 4 is 23.4 Å². The number of nitrogens with one attached hydrogen (secondary N) is 1. The van der Waals surface area contributed by atoms with E-state index >= 15 is 0 Å². The number of amides is 1. The molecule has 1 heterocycles. The fourth-order valence-electron chi connectivity index (χ4n) is 2.23. The zero-order chi connectivity index (χ0) is 13.2. The van der Waals surface area contributed by atoms with E-state index < -0.39 is 0 Å². The van der Waals surface area contributed by atoms with E-state index in [0.29, 0.717) is 0 Å². The predicted octanol–water partition coefficient (Wildman–Crippen LogP) is 3.65. The van der Waals surface area contributed by atoms with Crippen LogP contribution in [0.2, 0.25) is 0 Å². The van der Waals surface area contributed by atoms with Gasteiger partial charge in [0.05, 0.1) is 5.25 Å². The Hall–Kier alpha value is -1.74. The molecule has 0 saturated heterocycles. The van der Waals surface area contributed by atoms with Gasteiger partial charge in [-0.25, -0.2) is 0 Å². The van der Waals surface area contributed by atoms with Crippen LogP contribution in [-0.4, -0.2) is 11.2 Å². The van der Waals surface area contributed by atoms with Crippen LogP contribution >= 0.6 is 11.8 Å². The normalized spacial score (nSPS) is 17.0. The number of para-hydroxylation sites is 1. The summed E-state index contributed by atoms with van der Waals surface area (Å²) in [7, 11) is 0. The summed E-state index contributed by atoms with van der Waals surface area (Å²) in [5.41, 5.74) is 3.39. The van der Waals surface area contributed by atoms with Crippen molar-refractivity contribution in [1.29, 1.82) is 0 Å². The Kier molecular flexibility index (Phi) is 3.30. The third-order valence-corrected chi connectivity index (χ3v) is 4.53. The lowest BCUT2D eigenvalue weighted by atomic mass is 10.1. The van der Waals surface area contributed by atoms with Crippen LogP contribution in [0.25, 0.3) is 0 Å². The van der Waals surface area contributed by atoms with Crippen molar-refractivity contribution in [3.63, 3.8) is 0 Å². The molecule has 1 aliphatic heterocycles. The number of benzene rings is 2. The Morgan fingerprint density at radius 1 is 1.21 bits per heavy atom. The van der Waals surface area contributed by atoms with Crippen LogP contribution in [0, 0.1) is 6.92 Å². The molecule has 1 atom stereocenters. The zero-order valence-corrected chi connectivity index (χ0v) is 11.5. The van der Waals surface area contributed by atoms with Gasteiger partial charge in [-0.3, -0.25) is 4.79 Å². The number of carbonyl (C=O) groups excluding carboxylic acids is 1. The maximum atomic E-state index is 12.2. The van der Waals surface area contributed by atoms with Crippen molar-refractivity contribution in [2.75, 3.05) is 5.32 Å². The van der Waals surface area contributed by atoms with Gasteiger partial charge in [0.1, 0.15) is 0 Å². The molecule has 2 nitrogen and oxygen atoms in total. The lowest BCUT2D eigenvalue weighted by molar-refractivity contribution is -0.115. The number of hydrogen-bond acceptors (Lipinski definition) is 2. The van der Waals surface area contributed by atoms with Gasteiger partial charge in [0.2, 0.25) is 5.91 Å². The third kappa shape index (κ3) is 2.66. The first-order valence-electron chi connectivity index (χ1n) is 6.34. The molecule has 3 rings (SSSR count). The average Bonchev–Trinajstić information content (AvgIpc) is 2.83. The first kappa shape index (κ1) is 12.3. The molecule has 0 aliphatic carbocycles. The maximum Gasteiger partial charge on any atom is 0.238 e. The van der Waals surface area contributed by atoms with Crippen molar-refractivity contribution < 1.29 is 4.79 Å². The molecule has 0 bridgehead atoms. The molecule has 1 N–H and O–H groups in total. The average molecular weight is 269 g/mol. The van der Waals surface area contributed by atoms with Gasteiger partial charge in [-0.1, -0.05) is 35.9 Å². The number of thioether (sulfide) groups is 1. The second-order valence-electron chi connectivity index (χ2n) is 4.78. The van der Waals surface area contributed by atoms with E-state index in [1.165, 1.54) is 16.0 Å². The van der Waals surface area contributed by atoms with Crippen molar-refractivity contribution in [3.8, 4) is 0 Å². The minimum atomic E-state index is -0.0167. The summed E-state index contributed by atoms with van der Waals surface area (Å²) in [6.45, 7) is 2.08. The topological polar surface area (TPSA) is 29.1 Å². The minimum absolute atomic E-state index is 0.0167. The quantitative estimate of drug-likeness (QED) is 0.901. The minimum Gasteiger partial charge on any atom is -0.325 e. The fourth-order valence-corrected chi connectivity index (χ4v) is 3.52. The SMILES string of the molecule is Cc1ccc2c(c1)SC(C(=O)Nc1ccccc1)C2. The van der Waals surface area contributed by atoms with Crippen LogP contribution in [0.3, 0.4) is 0 Å². The van der Waals surface area contributed by atoms with E-state index in [0.717, 1.165) is 12.1 Å². The summed E-state index contributed by atoms with van der Waals surface area (Å²) in [6.07, 6.45) is 0.818. The van der Waals surface area contributed by atoms with E-state index in [4.69, 9.17) is 0 Å². The van der Waals surface area contributed by atoms with Gasteiger partial charge >= 0.3 is 0 Å². The molecule has 3 heteroatoms. The van der Waals surface area contributed by atoms with Gasteiger partial charge in [0, 0.05) is 10.6 Å². The smallest absolute Gasteiger partial charge is 0.238 e. The molecule has 0 spiro atoms. The summed E-state index contributed by atoms with van der Waals surface area (Å²) in [5, 5.41) is 2.96. The predicted molar refractivity (Wildman–Crippen MR) is 79.6 cm³/mol. The Morgan fingerprint density at radius 2 is 2.00 bits per heavy atom. The van der Waals surface area contributed by atoms with E-state index in [1.54, 1.807) is 11.8 Å². The molecule has 96 valence electrons. The Morgan fingerprint density at radius 3 is 2.79 bits per heavy atom. The Bertz CT molecular complexity index is 609. The standard InChI is InChI=1S/C16H15NOS/c1-11-7-8-12-10-15(19-14(12)9-11)16(18)17-13-5-3-2-4-6-13/h2-9,15H,10H2,1H3,(H,17,18). The molecule has 19 heavy (non-hydrogen) atoms. The highest BCUT2D eigenvalue weighted by Gasteiger charge is 2.28. The lowest BCUT2D eigenvalue weighted by Gasteiger charge is -2.09. The van der Waals surface area contributed by atoms with Gasteiger partial charge in [-0.05, 0) is 37.1 Å². The summed E-state index contributed by atoms with van der Waals surface area (Å²) < 4.78 is 0. The fraction of sp³-hybridized carbons (Fsp3) is 0.188. The second-order valence-corrected chi connectivity index (χ2v) is 6.02. The molecular formula is C16H15NOS. The largest absolute Gasteiger partial charge is 0.325 e. The molecule has 1 unspecified atom stereocenters. The lowest BCUT2D eigenvalue weighted by Crippen LogP contribution is -2.24. The summed E-state index contributed by atoms with van der Waals surface area (Å²) in [4.78, 5) is 13.5. The molecule has 0 fully saturated rings. The molecular weight excluding hydrogens is 254 g/mol. The molecule has 1 amide bonds. The summed E-state index contributed by atoms with van der Waals surface area (Å²) >= 11 is 1.67. The highest BCUT2D eigenvalue weighted by molar-refractivity contribution is 8.01. The molecule has 2 aromatic carbocycles. The number of rotatable bonds is 2. The van der Waals surface area contributed by atoms with Gasteiger partial charge < -0.3 is 5.32 Å². The van der Waals surface area contributed by atoms with E-state index in [-0.39, 0.29) is 11.2 Å². The van der Waals surface area contributed by atoms with Gasteiger partial charge in [-0.2, -0.15) is 0 Å². The van der Waals surface area contributed by atoms with Crippen LogP contribution in [0.15, 0.2) is 53.4 Å². The number of anilines is 1. The van der Waals surface area contributed by atoms with E-state index in [1.807, 2.05) is 30.3 Å². The zero-order valence-electron chi connectivity index (χ0n) is 10.7. The van der Waals surface area contributed by atoms with Gasteiger partial charge in [0.15, 0.2) is 0 Å². The van der Waals surface area contributed by atoms with Crippen LogP contribution in [0.5, 0.6) is 0 Å². The number of aryl methyl sites for hydroxylation is 1. The van der Waals surface area contributed by atoms with E-state index in [2.05, 4.69) is 30.4 Å². The second kappa shape index (κ2) is 5.10. The maximum absolute atomic E-state index is 12.2. The molecule has 0 radical (unpaired) electrons. The molecule has 1 aliphatic rings. The highest BCUT2D eigenvalue weighted by atomic mass is 32.2. The molecule has 0 saturated carbocycles. The van der Waals surface area contributed by atoms with Gasteiger partial charge in [-0.15, -0.1) is 11.8 Å². The van der Waals surface area contributed by atoms with Crippen molar-refractivity contribution in [3.05, 3.63) is 59.7 Å². The molecule has 0 aromatic heterocycles. The first-order valence-corrected chi connectivity index (χ1v) is 7.22. The Balaban J connectivity index is 1.71. The number of fused-ring (bicyclic) bond motifs is 1. The van der Waals surface area contributed by atoms with Crippen LogP contribution in [0.1, 0.15) is 11.1 Å². The Labute approximate surface area is 117 Å². The van der Waals surface area contributed by atoms with Gasteiger partial charge in [0.25, 0.3) is 0 Å². The van der Waals surface area contributed by atoms with Crippen molar-refractivity contribution in [2.24, 2.45) is 0 Å². The summed E-state index contributed by atoms with van der Waals surface area (Å²) in [6, 6.07) is 16.0. The van der Waals surface area contributed by atoms with Crippen molar-refractivity contribution in [1.82, 2.24) is 0 Å². The summed E-state index contributed by atoms with van der Waals surface area (Å²) in [5.74, 6) is 0.0880. The highest BCUT2D eigenvalue weighted by Crippen LogP contribution is 2.37. The van der Waals surface area contributed by atoms with E-state index in [9.17, 15) is 4.79 Å². The first-order chi connectivity index (χ1) is 9.22.